The van der Waals surface area contributed by atoms with Crippen LogP contribution in [0.25, 0.3) is 0 Å². The summed E-state index contributed by atoms with van der Waals surface area (Å²) < 4.78 is 44.5. The fraction of sp³-hybridized carbons (Fsp3) is 0.600. The summed E-state index contributed by atoms with van der Waals surface area (Å²) in [4.78, 5) is 15.9. The summed E-state index contributed by atoms with van der Waals surface area (Å²) in [6.07, 6.45) is -3.70. The second-order valence-corrected chi connectivity index (χ2v) is 6.86. The molecule has 3 nitrogen and oxygen atoms in total. The maximum atomic E-state index is 13.2. The van der Waals surface area contributed by atoms with Gasteiger partial charge in [-0.25, -0.2) is 4.79 Å². The Bertz CT molecular complexity index is 537. The summed E-state index contributed by atoms with van der Waals surface area (Å²) >= 11 is 0. The summed E-state index contributed by atoms with van der Waals surface area (Å²) in [7, 11) is 0. The lowest BCUT2D eigenvalue weighted by molar-refractivity contribution is -0.138. The van der Waals surface area contributed by atoms with Gasteiger partial charge in [0.2, 0.25) is 0 Å². The van der Waals surface area contributed by atoms with Gasteiger partial charge in [-0.2, -0.15) is 13.2 Å². The maximum absolute atomic E-state index is 13.2. The highest BCUT2D eigenvalue weighted by Crippen LogP contribution is 2.35. The molecule has 0 unspecified atom stereocenters. The molecule has 0 N–H and O–H groups in total. The third-order valence-corrected chi connectivity index (χ3v) is 2.60. The fourth-order valence-electron chi connectivity index (χ4n) is 1.60. The van der Waals surface area contributed by atoms with Gasteiger partial charge in [0.05, 0.1) is 11.1 Å². The maximum Gasteiger partial charge on any atom is 0.417 e. The van der Waals surface area contributed by atoms with Crippen LogP contribution in [0.5, 0.6) is 0 Å². The van der Waals surface area contributed by atoms with E-state index in [1.165, 1.54) is 0 Å². The number of hydrogen-bond acceptors (Lipinski definition) is 3. The number of nitrogens with zero attached hydrogens (tertiary/aromatic N) is 1. The summed E-state index contributed by atoms with van der Waals surface area (Å²) in [5, 5.41) is 0. The van der Waals surface area contributed by atoms with E-state index in [4.69, 9.17) is 4.74 Å². The smallest absolute Gasteiger partial charge is 0.417 e. The van der Waals surface area contributed by atoms with Gasteiger partial charge >= 0.3 is 12.1 Å². The predicted molar refractivity (Wildman–Crippen MR) is 73.1 cm³/mol. The van der Waals surface area contributed by atoms with Gasteiger partial charge in [-0.15, -0.1) is 0 Å². The summed E-state index contributed by atoms with van der Waals surface area (Å²) in [6.45, 7) is 10.0. The summed E-state index contributed by atoms with van der Waals surface area (Å²) in [5.41, 5.74) is -2.74. The molecule has 0 saturated carbocycles. The Morgan fingerprint density at radius 3 is 2.00 bits per heavy atom. The highest BCUT2D eigenvalue weighted by molar-refractivity contribution is 5.91. The second-order valence-electron chi connectivity index (χ2n) is 6.86. The molecule has 0 spiro atoms. The predicted octanol–water partition coefficient (Wildman–Crippen LogP) is 4.35. The van der Waals surface area contributed by atoms with Crippen molar-refractivity contribution in [1.82, 2.24) is 4.98 Å². The highest BCUT2D eigenvalue weighted by Gasteiger charge is 2.38. The molecule has 1 rings (SSSR count). The highest BCUT2D eigenvalue weighted by atomic mass is 19.4. The van der Waals surface area contributed by atoms with Gasteiger partial charge in [-0.1, -0.05) is 20.8 Å². The minimum absolute atomic E-state index is 0.266. The van der Waals surface area contributed by atoms with Crippen molar-refractivity contribution in [2.45, 2.75) is 58.7 Å². The van der Waals surface area contributed by atoms with E-state index in [2.05, 4.69) is 4.98 Å². The topological polar surface area (TPSA) is 39.2 Å². The van der Waals surface area contributed by atoms with Crippen molar-refractivity contribution < 1.29 is 22.7 Å². The number of halogens is 3. The average molecular weight is 303 g/mol. The Kier molecular flexibility index (Phi) is 4.42. The van der Waals surface area contributed by atoms with E-state index in [-0.39, 0.29) is 5.69 Å². The molecule has 21 heavy (non-hydrogen) atoms. The number of carbonyl (C=O) groups excluding carboxylic acids is 1. The van der Waals surface area contributed by atoms with Gasteiger partial charge in [0, 0.05) is 17.3 Å². The lowest BCUT2D eigenvalue weighted by Gasteiger charge is -2.23. The largest absolute Gasteiger partial charge is 0.456 e. The van der Waals surface area contributed by atoms with Crippen LogP contribution in [0.4, 0.5) is 13.2 Å². The number of ether oxygens (including phenoxy) is 1. The normalized spacial score (nSPS) is 13.2. The lowest BCUT2D eigenvalue weighted by atomic mass is 9.90. The van der Waals surface area contributed by atoms with Crippen molar-refractivity contribution in [1.29, 1.82) is 0 Å². The van der Waals surface area contributed by atoms with Crippen LogP contribution in [0, 0.1) is 0 Å². The molecule has 1 aromatic heterocycles. The van der Waals surface area contributed by atoms with Crippen LogP contribution >= 0.6 is 0 Å². The van der Waals surface area contributed by atoms with Crippen molar-refractivity contribution in [3.05, 3.63) is 29.1 Å². The molecule has 0 atom stereocenters. The van der Waals surface area contributed by atoms with Gasteiger partial charge < -0.3 is 4.74 Å². The first-order valence-electron chi connectivity index (χ1n) is 6.53. The molecule has 1 heterocycles. The average Bonchev–Trinajstić information content (AvgIpc) is 2.23. The molecule has 0 amide bonds. The Hall–Kier alpha value is -1.59. The summed E-state index contributed by atoms with van der Waals surface area (Å²) in [5.74, 6) is -1.03. The fourth-order valence-corrected chi connectivity index (χ4v) is 1.60. The molecule has 0 aromatic carbocycles. The molecule has 0 radical (unpaired) electrons. The molecule has 1 aromatic rings. The van der Waals surface area contributed by atoms with Crippen molar-refractivity contribution in [2.75, 3.05) is 0 Å². The first kappa shape index (κ1) is 17.5. The molecule has 0 aliphatic heterocycles. The Morgan fingerprint density at radius 2 is 1.62 bits per heavy atom. The number of alkyl halides is 3. The van der Waals surface area contributed by atoms with Crippen LogP contribution in [0.3, 0.4) is 0 Å². The summed E-state index contributed by atoms with van der Waals surface area (Å²) in [6, 6.07) is 0.916. The molecule has 0 saturated heterocycles. The standard InChI is InChI=1S/C15H20F3NO2/c1-13(2,3)11-7-10(15(16,17)18)9(8-19-11)12(20)21-14(4,5)6/h7-8H,1-6H3. The number of esters is 1. The third kappa shape index (κ3) is 4.72. The zero-order chi connectivity index (χ0) is 16.6. The van der Waals surface area contributed by atoms with Crippen molar-refractivity contribution in [2.24, 2.45) is 0 Å². The number of hydrogen-bond donors (Lipinski definition) is 0. The van der Waals surface area contributed by atoms with E-state index in [1.807, 2.05) is 0 Å². The van der Waals surface area contributed by atoms with E-state index in [1.54, 1.807) is 41.5 Å². The van der Waals surface area contributed by atoms with E-state index in [9.17, 15) is 18.0 Å². The van der Waals surface area contributed by atoms with Gasteiger partial charge in [-0.05, 0) is 26.8 Å². The number of aromatic nitrogens is 1. The molecule has 0 bridgehead atoms. The van der Waals surface area contributed by atoms with E-state index < -0.39 is 34.3 Å². The van der Waals surface area contributed by atoms with Crippen LogP contribution in [-0.2, 0) is 16.3 Å². The number of rotatable bonds is 1. The molecule has 118 valence electrons. The zero-order valence-corrected chi connectivity index (χ0v) is 13.1. The molecular formula is C15H20F3NO2. The van der Waals surface area contributed by atoms with Crippen LogP contribution in [0.2, 0.25) is 0 Å². The minimum atomic E-state index is -4.64. The number of pyridine rings is 1. The minimum Gasteiger partial charge on any atom is -0.456 e. The molecule has 0 fully saturated rings. The van der Waals surface area contributed by atoms with Crippen molar-refractivity contribution in [3.63, 3.8) is 0 Å². The van der Waals surface area contributed by atoms with Crippen LogP contribution in [-0.4, -0.2) is 16.6 Å². The van der Waals surface area contributed by atoms with Gasteiger partial charge in [0.15, 0.2) is 0 Å². The first-order chi connectivity index (χ1) is 9.22. The number of carbonyl (C=O) groups is 1. The second kappa shape index (κ2) is 5.31. The SMILES string of the molecule is CC(C)(C)OC(=O)c1cnc(C(C)(C)C)cc1C(F)(F)F. The van der Waals surface area contributed by atoms with E-state index >= 15 is 0 Å². The van der Waals surface area contributed by atoms with Gasteiger partial charge in [0.1, 0.15) is 5.60 Å². The Labute approximate surface area is 122 Å². The van der Waals surface area contributed by atoms with E-state index in [0.717, 1.165) is 12.3 Å². The van der Waals surface area contributed by atoms with Crippen LogP contribution in [0.1, 0.15) is 63.2 Å². The molecule has 0 aliphatic carbocycles. The molecule has 0 aliphatic rings. The lowest BCUT2D eigenvalue weighted by Crippen LogP contribution is -2.26. The van der Waals surface area contributed by atoms with Crippen molar-refractivity contribution >= 4 is 5.97 Å². The third-order valence-electron chi connectivity index (χ3n) is 2.60. The van der Waals surface area contributed by atoms with Gasteiger partial charge in [0.25, 0.3) is 0 Å². The molecule has 6 heteroatoms. The molecular weight excluding hydrogens is 283 g/mol. The Morgan fingerprint density at radius 1 is 1.10 bits per heavy atom. The Balaban J connectivity index is 3.37. The monoisotopic (exact) mass is 303 g/mol. The quantitative estimate of drug-likeness (QED) is 0.724. The zero-order valence-electron chi connectivity index (χ0n) is 13.1. The van der Waals surface area contributed by atoms with Crippen LogP contribution in [0.15, 0.2) is 12.3 Å². The van der Waals surface area contributed by atoms with Crippen LogP contribution < -0.4 is 0 Å². The first-order valence-corrected chi connectivity index (χ1v) is 6.53. The van der Waals surface area contributed by atoms with Gasteiger partial charge in [-0.3, -0.25) is 4.98 Å². The van der Waals surface area contributed by atoms with Crippen molar-refractivity contribution in [3.8, 4) is 0 Å². The van der Waals surface area contributed by atoms with E-state index in [0.29, 0.717) is 0 Å².